The van der Waals surface area contributed by atoms with E-state index in [1.807, 2.05) is 100 Å². The molecule has 0 radical (unpaired) electrons. The maximum Gasteiger partial charge on any atom is 0.356 e. The normalized spacial score (nSPS) is 18.0. The minimum atomic E-state index is -0.708. The Morgan fingerprint density at radius 3 is 2.04 bits per heavy atom. The predicted molar refractivity (Wildman–Crippen MR) is 175 cm³/mol. The van der Waals surface area contributed by atoms with E-state index in [2.05, 4.69) is 4.99 Å². The first kappa shape index (κ1) is 32.0. The second kappa shape index (κ2) is 13.7. The van der Waals surface area contributed by atoms with E-state index in [9.17, 15) is 19.5 Å². The number of phenolic OH excluding ortho intramolecular Hbond substituents is 1. The summed E-state index contributed by atoms with van der Waals surface area (Å²) in [4.78, 5) is 45.4. The van der Waals surface area contributed by atoms with E-state index in [0.29, 0.717) is 17.1 Å². The lowest BCUT2D eigenvalue weighted by Crippen LogP contribution is -2.64. The van der Waals surface area contributed by atoms with Crippen LogP contribution >= 0.6 is 11.8 Å². The van der Waals surface area contributed by atoms with Crippen molar-refractivity contribution in [2.75, 3.05) is 12.4 Å². The second-order valence-corrected chi connectivity index (χ2v) is 12.9. The molecule has 2 aliphatic heterocycles. The second-order valence-electron chi connectivity index (χ2n) is 11.8. The highest BCUT2D eigenvalue weighted by molar-refractivity contribution is 8.00. The van der Waals surface area contributed by atoms with Gasteiger partial charge in [-0.25, -0.2) is 4.79 Å². The topological polar surface area (TPSA) is 106 Å². The molecule has 1 N–H and O–H groups in total. The SMILES string of the molecule is CC(=O)OCC1=C(C(=O)OC(c2ccccc2)c2ccccc2)N2C(=O)C(N=Cc3cc(C(C)C)c(O)c(C(C)C)c3)[C@H]2SC1. The van der Waals surface area contributed by atoms with Gasteiger partial charge in [-0.1, -0.05) is 88.4 Å². The molecule has 2 aliphatic rings. The van der Waals surface area contributed by atoms with Crippen LogP contribution in [0.5, 0.6) is 5.75 Å². The molecule has 1 fully saturated rings. The first-order chi connectivity index (χ1) is 21.6. The summed E-state index contributed by atoms with van der Waals surface area (Å²) >= 11 is 1.47. The van der Waals surface area contributed by atoms with Crippen LogP contribution < -0.4 is 0 Å². The largest absolute Gasteiger partial charge is 0.507 e. The van der Waals surface area contributed by atoms with Gasteiger partial charge < -0.3 is 14.6 Å². The lowest BCUT2D eigenvalue weighted by molar-refractivity contribution is -0.153. The molecule has 234 valence electrons. The zero-order valence-electron chi connectivity index (χ0n) is 26.1. The zero-order valence-corrected chi connectivity index (χ0v) is 26.9. The van der Waals surface area contributed by atoms with Gasteiger partial charge in [0, 0.05) is 24.5 Å². The number of hydrogen-bond acceptors (Lipinski definition) is 8. The number of benzene rings is 3. The number of thioether (sulfide) groups is 1. The molecule has 1 unspecified atom stereocenters. The van der Waals surface area contributed by atoms with E-state index in [0.717, 1.165) is 27.8 Å². The van der Waals surface area contributed by atoms with Crippen molar-refractivity contribution in [3.63, 3.8) is 0 Å². The van der Waals surface area contributed by atoms with Crippen molar-refractivity contribution in [3.8, 4) is 5.75 Å². The van der Waals surface area contributed by atoms with Gasteiger partial charge in [0.05, 0.1) is 0 Å². The number of aromatic hydroxyl groups is 1. The Morgan fingerprint density at radius 1 is 0.978 bits per heavy atom. The van der Waals surface area contributed by atoms with Crippen LogP contribution in [0.2, 0.25) is 0 Å². The summed E-state index contributed by atoms with van der Waals surface area (Å²) in [6.45, 7) is 9.26. The summed E-state index contributed by atoms with van der Waals surface area (Å²) in [5, 5.41) is 10.4. The summed E-state index contributed by atoms with van der Waals surface area (Å²) < 4.78 is 11.4. The van der Waals surface area contributed by atoms with Gasteiger partial charge in [0.2, 0.25) is 0 Å². The fourth-order valence-electron chi connectivity index (χ4n) is 5.53. The van der Waals surface area contributed by atoms with Crippen molar-refractivity contribution < 1.29 is 29.0 Å². The number of rotatable bonds is 10. The number of amides is 1. The zero-order chi connectivity index (χ0) is 32.2. The smallest absolute Gasteiger partial charge is 0.356 e. The third-order valence-corrected chi connectivity index (χ3v) is 9.24. The monoisotopic (exact) mass is 626 g/mol. The molecule has 1 saturated heterocycles. The highest BCUT2D eigenvalue weighted by atomic mass is 32.2. The van der Waals surface area contributed by atoms with Crippen molar-refractivity contribution in [1.82, 2.24) is 4.90 Å². The molecule has 9 heteroatoms. The van der Waals surface area contributed by atoms with Gasteiger partial charge in [-0.05, 0) is 51.8 Å². The lowest BCUT2D eigenvalue weighted by atomic mass is 9.91. The number of ether oxygens (including phenoxy) is 2. The Kier molecular flexibility index (Phi) is 9.77. The molecule has 0 saturated carbocycles. The van der Waals surface area contributed by atoms with Crippen LogP contribution in [0.1, 0.15) is 80.4 Å². The highest BCUT2D eigenvalue weighted by Crippen LogP contribution is 2.43. The minimum Gasteiger partial charge on any atom is -0.507 e. The molecule has 5 rings (SSSR count). The van der Waals surface area contributed by atoms with Crippen LogP contribution in [0.3, 0.4) is 0 Å². The summed E-state index contributed by atoms with van der Waals surface area (Å²) in [5.41, 5.74) is 4.63. The Balaban J connectivity index is 1.44. The van der Waals surface area contributed by atoms with E-state index >= 15 is 0 Å². The van der Waals surface area contributed by atoms with Crippen molar-refractivity contribution in [3.05, 3.63) is 112 Å². The van der Waals surface area contributed by atoms with Gasteiger partial charge in [0.25, 0.3) is 5.91 Å². The van der Waals surface area contributed by atoms with Gasteiger partial charge in [0.1, 0.15) is 23.4 Å². The summed E-state index contributed by atoms with van der Waals surface area (Å²) in [7, 11) is 0. The molecule has 0 aliphatic carbocycles. The molecule has 45 heavy (non-hydrogen) atoms. The summed E-state index contributed by atoms with van der Waals surface area (Å²) in [5.74, 6) is -0.610. The average molecular weight is 627 g/mol. The summed E-state index contributed by atoms with van der Waals surface area (Å²) in [6, 6.07) is 21.9. The van der Waals surface area contributed by atoms with Crippen LogP contribution in [-0.4, -0.2) is 57.8 Å². The van der Waals surface area contributed by atoms with Crippen molar-refractivity contribution >= 4 is 35.8 Å². The Labute approximate surface area is 268 Å². The number of fused-ring (bicyclic) bond motifs is 1. The molecule has 2 heterocycles. The molecule has 1 amide bonds. The number of carbonyl (C=O) groups excluding carboxylic acids is 3. The van der Waals surface area contributed by atoms with Gasteiger partial charge >= 0.3 is 11.9 Å². The Morgan fingerprint density at radius 2 is 1.53 bits per heavy atom. The third kappa shape index (κ3) is 6.83. The van der Waals surface area contributed by atoms with E-state index in [1.54, 1.807) is 6.21 Å². The van der Waals surface area contributed by atoms with Crippen LogP contribution in [-0.2, 0) is 23.9 Å². The highest BCUT2D eigenvalue weighted by Gasteiger charge is 2.54. The minimum absolute atomic E-state index is 0.0992. The fourth-order valence-corrected chi connectivity index (χ4v) is 6.85. The quantitative estimate of drug-likeness (QED) is 0.156. The first-order valence-electron chi connectivity index (χ1n) is 15.1. The van der Waals surface area contributed by atoms with Crippen LogP contribution in [0.15, 0.2) is 89.1 Å². The van der Waals surface area contributed by atoms with Crippen molar-refractivity contribution in [1.29, 1.82) is 0 Å². The molecule has 8 nitrogen and oxygen atoms in total. The summed E-state index contributed by atoms with van der Waals surface area (Å²) in [6.07, 6.45) is 0.967. The maximum atomic E-state index is 14.0. The maximum absolute atomic E-state index is 14.0. The third-order valence-electron chi connectivity index (χ3n) is 7.91. The van der Waals surface area contributed by atoms with E-state index < -0.39 is 29.5 Å². The molecule has 0 aromatic heterocycles. The van der Waals surface area contributed by atoms with Gasteiger partial charge in [0.15, 0.2) is 12.1 Å². The molecule has 2 atom stereocenters. The Hall–Kier alpha value is -4.37. The van der Waals surface area contributed by atoms with Crippen molar-refractivity contribution in [2.24, 2.45) is 4.99 Å². The molecule has 3 aromatic rings. The van der Waals surface area contributed by atoms with E-state index in [-0.39, 0.29) is 30.0 Å². The van der Waals surface area contributed by atoms with E-state index in [4.69, 9.17) is 9.47 Å². The van der Waals surface area contributed by atoms with Gasteiger partial charge in [-0.15, -0.1) is 11.8 Å². The first-order valence-corrected chi connectivity index (χ1v) is 16.1. The number of carbonyl (C=O) groups is 3. The van der Waals surface area contributed by atoms with Crippen molar-refractivity contribution in [2.45, 2.75) is 64.0 Å². The van der Waals surface area contributed by atoms with Gasteiger partial charge in [-0.3, -0.25) is 19.5 Å². The number of β-lactam (4-membered cyclic amide) rings is 1. The molecular formula is C36H38N2O6S. The fraction of sp³-hybridized carbons (Fsp3) is 0.333. The molecule has 0 spiro atoms. The van der Waals surface area contributed by atoms with Gasteiger partial charge in [-0.2, -0.15) is 0 Å². The standard InChI is InChI=1S/C36H38N2O6S/c1-21(2)28-16-24(17-29(22(3)4)32(28)40)18-37-30-34(41)38-31(27(19-43-23(5)39)20-45-35(30)38)36(42)44-33(25-12-8-6-9-13-25)26-14-10-7-11-15-26/h6-18,21-22,30,33,35,40H,19-20H2,1-5H3/t30?,35-/m1/s1. The van der Waals surface area contributed by atoms with Crippen LogP contribution in [0.4, 0.5) is 0 Å². The van der Waals surface area contributed by atoms with E-state index in [1.165, 1.54) is 23.6 Å². The number of nitrogens with zero attached hydrogens (tertiary/aromatic N) is 2. The lowest BCUT2D eigenvalue weighted by Gasteiger charge is -2.48. The Bertz CT molecular complexity index is 1570. The predicted octanol–water partition coefficient (Wildman–Crippen LogP) is 6.49. The number of hydrogen-bond donors (Lipinski definition) is 1. The number of aliphatic imine (C=N–C) groups is 1. The van der Waals surface area contributed by atoms with Crippen LogP contribution in [0, 0.1) is 0 Å². The number of esters is 2. The number of phenols is 1. The molecule has 0 bridgehead atoms. The molecular weight excluding hydrogens is 588 g/mol. The average Bonchev–Trinajstić information content (AvgIpc) is 3.03. The molecule has 3 aromatic carbocycles. The van der Waals surface area contributed by atoms with Crippen LogP contribution in [0.25, 0.3) is 0 Å².